The molecule has 2 atom stereocenters. The maximum absolute atomic E-state index is 14.6. The van der Waals surface area contributed by atoms with Crippen LogP contribution in [0, 0.1) is 17.2 Å². The van der Waals surface area contributed by atoms with Gasteiger partial charge in [-0.15, -0.1) is 0 Å². The fraction of sp³-hybridized carbons (Fsp3) is 0.448. The molecule has 1 amide bonds. The first-order chi connectivity index (χ1) is 17.8. The van der Waals surface area contributed by atoms with Crippen molar-refractivity contribution >= 4 is 22.8 Å². The molecule has 2 N–H and O–H groups in total. The predicted molar refractivity (Wildman–Crippen MR) is 134 cm³/mol. The van der Waals surface area contributed by atoms with Crippen LogP contribution in [0.4, 0.5) is 13.2 Å². The maximum atomic E-state index is 14.6. The van der Waals surface area contributed by atoms with Crippen molar-refractivity contribution in [3.05, 3.63) is 71.2 Å². The first-order valence-corrected chi connectivity index (χ1v) is 12.9. The van der Waals surface area contributed by atoms with Gasteiger partial charge in [0.15, 0.2) is 0 Å². The predicted octanol–water partition coefficient (Wildman–Crippen LogP) is 6.70. The van der Waals surface area contributed by atoms with Gasteiger partial charge in [0.25, 0.3) is 12.3 Å². The van der Waals surface area contributed by atoms with Crippen molar-refractivity contribution in [1.82, 2.24) is 9.88 Å². The second-order valence-electron chi connectivity index (χ2n) is 10.7. The van der Waals surface area contributed by atoms with E-state index < -0.39 is 18.2 Å². The number of hydrogen-bond acceptors (Lipinski definition) is 2. The summed E-state index contributed by atoms with van der Waals surface area (Å²) in [6.07, 6.45) is 5.72. The van der Waals surface area contributed by atoms with Crippen LogP contribution in [0.3, 0.4) is 0 Å². The van der Waals surface area contributed by atoms with Crippen molar-refractivity contribution in [2.75, 3.05) is 0 Å². The average Bonchev–Trinajstić information content (AvgIpc) is 3.61. The highest BCUT2D eigenvalue weighted by molar-refractivity contribution is 6.06. The van der Waals surface area contributed by atoms with E-state index in [0.29, 0.717) is 35.3 Å². The molecule has 0 bridgehead atoms. The van der Waals surface area contributed by atoms with Crippen molar-refractivity contribution in [2.45, 2.75) is 70.4 Å². The number of rotatable bonds is 8. The molecule has 0 spiro atoms. The number of carboxylic acids is 1. The zero-order valence-electron chi connectivity index (χ0n) is 20.6. The lowest BCUT2D eigenvalue weighted by molar-refractivity contribution is -0.140. The van der Waals surface area contributed by atoms with Gasteiger partial charge < -0.3 is 15.0 Å². The lowest BCUT2D eigenvalue weighted by atomic mass is 9.70. The summed E-state index contributed by atoms with van der Waals surface area (Å²) in [4.78, 5) is 25.1. The molecule has 3 aromatic rings. The van der Waals surface area contributed by atoms with Gasteiger partial charge in [0, 0.05) is 29.7 Å². The first-order valence-electron chi connectivity index (χ1n) is 12.9. The Balaban J connectivity index is 1.38. The Hall–Kier alpha value is -3.29. The highest BCUT2D eigenvalue weighted by Gasteiger charge is 2.47. The molecule has 2 aromatic carbocycles. The van der Waals surface area contributed by atoms with Crippen LogP contribution in [0.1, 0.15) is 79.3 Å². The minimum atomic E-state index is -2.55. The largest absolute Gasteiger partial charge is 0.481 e. The molecule has 0 aliphatic heterocycles. The Kier molecular flexibility index (Phi) is 7.01. The summed E-state index contributed by atoms with van der Waals surface area (Å²) in [6.45, 7) is 0.295. The number of nitrogens with zero attached hydrogens (tertiary/aromatic N) is 1. The van der Waals surface area contributed by atoms with Crippen LogP contribution < -0.4 is 5.32 Å². The van der Waals surface area contributed by atoms with Crippen LogP contribution in [0.15, 0.2) is 48.7 Å². The molecule has 1 aromatic heterocycles. The zero-order valence-corrected chi connectivity index (χ0v) is 20.6. The molecule has 5 rings (SSSR count). The highest BCUT2D eigenvalue weighted by Crippen LogP contribution is 2.52. The van der Waals surface area contributed by atoms with Gasteiger partial charge >= 0.3 is 5.97 Å². The minimum Gasteiger partial charge on any atom is -0.481 e. The second kappa shape index (κ2) is 10.2. The van der Waals surface area contributed by atoms with Crippen molar-refractivity contribution in [2.24, 2.45) is 11.3 Å². The Morgan fingerprint density at radius 1 is 1.05 bits per heavy atom. The van der Waals surface area contributed by atoms with Crippen LogP contribution >= 0.6 is 0 Å². The van der Waals surface area contributed by atoms with Gasteiger partial charge in [-0.1, -0.05) is 37.1 Å². The Labute approximate surface area is 213 Å². The van der Waals surface area contributed by atoms with Gasteiger partial charge in [-0.05, 0) is 67.2 Å². The molecule has 2 aliphatic rings. The van der Waals surface area contributed by atoms with Crippen LogP contribution in [0.25, 0.3) is 10.9 Å². The number of carboxylic acid groups (broad SMARTS) is 1. The van der Waals surface area contributed by atoms with Crippen LogP contribution in [0.5, 0.6) is 0 Å². The Bertz CT molecular complexity index is 1300. The second-order valence-corrected chi connectivity index (χ2v) is 10.7. The summed E-state index contributed by atoms with van der Waals surface area (Å²) in [5.41, 5.74) is 1.18. The van der Waals surface area contributed by atoms with Crippen molar-refractivity contribution in [3.63, 3.8) is 0 Å². The van der Waals surface area contributed by atoms with E-state index in [1.165, 1.54) is 24.3 Å². The quantitative estimate of drug-likeness (QED) is 0.353. The third kappa shape index (κ3) is 5.11. The molecule has 2 unspecified atom stereocenters. The fourth-order valence-electron chi connectivity index (χ4n) is 6.63. The number of benzene rings is 2. The van der Waals surface area contributed by atoms with Gasteiger partial charge in [-0.2, -0.15) is 0 Å². The third-order valence-corrected chi connectivity index (χ3v) is 8.40. The number of nitrogens with one attached hydrogen (secondary N) is 1. The van der Waals surface area contributed by atoms with E-state index in [9.17, 15) is 27.9 Å². The molecule has 2 fully saturated rings. The van der Waals surface area contributed by atoms with E-state index in [4.69, 9.17) is 0 Å². The molecule has 2 aliphatic carbocycles. The molecular formula is C29H31F3N2O3. The molecule has 2 saturated carbocycles. The fourth-order valence-corrected chi connectivity index (χ4v) is 6.63. The monoisotopic (exact) mass is 512 g/mol. The van der Waals surface area contributed by atoms with E-state index >= 15 is 0 Å². The van der Waals surface area contributed by atoms with Crippen LogP contribution in [-0.4, -0.2) is 27.6 Å². The molecular weight excluding hydrogens is 481 g/mol. The Morgan fingerprint density at radius 2 is 1.78 bits per heavy atom. The van der Waals surface area contributed by atoms with Crippen molar-refractivity contribution in [1.29, 1.82) is 0 Å². The van der Waals surface area contributed by atoms with E-state index in [1.807, 2.05) is 0 Å². The third-order valence-electron chi connectivity index (χ3n) is 8.40. The summed E-state index contributed by atoms with van der Waals surface area (Å²) < 4.78 is 42.2. The Morgan fingerprint density at radius 3 is 2.46 bits per heavy atom. The number of aliphatic carboxylic acids is 1. The lowest BCUT2D eigenvalue weighted by Gasteiger charge is -2.34. The lowest BCUT2D eigenvalue weighted by Crippen LogP contribution is -2.36. The number of amides is 1. The minimum absolute atomic E-state index is 0.0691. The number of aromatic nitrogens is 1. The van der Waals surface area contributed by atoms with Gasteiger partial charge in [-0.25, -0.2) is 13.2 Å². The van der Waals surface area contributed by atoms with Gasteiger partial charge in [0.2, 0.25) is 0 Å². The molecule has 0 radical (unpaired) electrons. The molecule has 37 heavy (non-hydrogen) atoms. The summed E-state index contributed by atoms with van der Waals surface area (Å²) >= 11 is 0. The van der Waals surface area contributed by atoms with Gasteiger partial charge in [-0.3, -0.25) is 9.59 Å². The maximum Gasteiger partial charge on any atom is 0.303 e. The topological polar surface area (TPSA) is 71.3 Å². The standard InChI is InChI=1S/C29H31F3N2O3/c30-24-10-9-23(26-22(24)12-14-34(26)17-18-5-7-19(8-6-18)27(31)32)28(37)33-21-11-13-29(15-21,16-25(35)36)20-3-1-2-4-20/h5-10,12,14,20-21,27H,1-4,11,13,15-17H2,(H,33,37)(H,35,36). The molecule has 196 valence electrons. The van der Waals surface area contributed by atoms with E-state index in [2.05, 4.69) is 5.32 Å². The first kappa shape index (κ1) is 25.4. The van der Waals surface area contributed by atoms with E-state index in [0.717, 1.165) is 44.1 Å². The van der Waals surface area contributed by atoms with Crippen molar-refractivity contribution in [3.8, 4) is 0 Å². The number of fused-ring (bicyclic) bond motifs is 1. The highest BCUT2D eigenvalue weighted by atomic mass is 19.3. The normalized spacial score (nSPS) is 22.2. The van der Waals surface area contributed by atoms with Crippen LogP contribution in [-0.2, 0) is 11.3 Å². The number of alkyl halides is 2. The average molecular weight is 513 g/mol. The van der Waals surface area contributed by atoms with Gasteiger partial charge in [0.1, 0.15) is 5.82 Å². The number of carbonyl (C=O) groups excluding carboxylic acids is 1. The molecule has 1 heterocycles. The number of hydrogen-bond donors (Lipinski definition) is 2. The van der Waals surface area contributed by atoms with Crippen LogP contribution in [0.2, 0.25) is 0 Å². The summed E-state index contributed by atoms with van der Waals surface area (Å²) in [5.74, 6) is -1.18. The molecule has 5 nitrogen and oxygen atoms in total. The zero-order chi connectivity index (χ0) is 26.2. The number of halogens is 3. The van der Waals surface area contributed by atoms with E-state index in [-0.39, 0.29) is 29.3 Å². The summed E-state index contributed by atoms with van der Waals surface area (Å²) in [5, 5.41) is 13.0. The SMILES string of the molecule is O=C(O)CC1(C2CCCC2)CCC(NC(=O)c2ccc(F)c3ccn(Cc4ccc(C(F)F)cc4)c23)C1. The number of carbonyl (C=O) groups is 2. The van der Waals surface area contributed by atoms with Gasteiger partial charge in [0.05, 0.1) is 17.5 Å². The van der Waals surface area contributed by atoms with E-state index in [1.54, 1.807) is 29.0 Å². The van der Waals surface area contributed by atoms with Crippen molar-refractivity contribution < 1.29 is 27.9 Å². The smallest absolute Gasteiger partial charge is 0.303 e. The summed E-state index contributed by atoms with van der Waals surface area (Å²) in [7, 11) is 0. The molecule has 8 heteroatoms. The summed E-state index contributed by atoms with van der Waals surface area (Å²) in [6, 6.07) is 10.2. The molecule has 0 saturated heterocycles.